The van der Waals surface area contributed by atoms with Gasteiger partial charge in [-0.25, -0.2) is 4.98 Å². The summed E-state index contributed by atoms with van der Waals surface area (Å²) < 4.78 is 30.4. The summed E-state index contributed by atoms with van der Waals surface area (Å²) in [5.74, 6) is -0.0480. The van der Waals surface area contributed by atoms with E-state index in [1.807, 2.05) is 0 Å². The van der Waals surface area contributed by atoms with Crippen LogP contribution in [-0.4, -0.2) is 36.7 Å². The van der Waals surface area contributed by atoms with E-state index >= 15 is 0 Å². The first-order chi connectivity index (χ1) is 14.8. The smallest absolute Gasteiger partial charge is 0.339 e. The lowest BCUT2D eigenvalue weighted by molar-refractivity contribution is -0.118. The van der Waals surface area contributed by atoms with Crippen molar-refractivity contribution >= 4 is 44.6 Å². The Morgan fingerprint density at radius 2 is 1.90 bits per heavy atom. The molecule has 1 heterocycles. The first kappa shape index (κ1) is 20.7. The molecule has 0 bridgehead atoms. The van der Waals surface area contributed by atoms with Gasteiger partial charge in [-0.2, -0.15) is 8.42 Å². The molecule has 2 aromatic carbocycles. The molecule has 10 nitrogen and oxygen atoms in total. The number of nitrogens with zero attached hydrogens (tertiary/aromatic N) is 1. The molecule has 0 radical (unpaired) electrons. The number of imidazole rings is 1. The third kappa shape index (κ3) is 5.12. The molecule has 1 aliphatic rings. The fourth-order valence-electron chi connectivity index (χ4n) is 2.91. The SMILES string of the molecule is NC(=O)CCNc1ccc(S(=O)(=O)Oc2ccc3[nH]c(NC(=O)C4CC4)nc3c2)cc1. The molecule has 0 unspecified atom stereocenters. The lowest BCUT2D eigenvalue weighted by atomic mass is 10.3. The van der Waals surface area contributed by atoms with Gasteiger partial charge in [0.2, 0.25) is 17.8 Å². The van der Waals surface area contributed by atoms with Crippen LogP contribution in [0.25, 0.3) is 11.0 Å². The van der Waals surface area contributed by atoms with Crippen LogP contribution >= 0.6 is 0 Å². The maximum Gasteiger partial charge on any atom is 0.339 e. The number of carbonyl (C=O) groups excluding carboxylic acids is 2. The molecule has 1 aromatic heterocycles. The fourth-order valence-corrected chi connectivity index (χ4v) is 3.83. The van der Waals surface area contributed by atoms with Crippen molar-refractivity contribution in [3.8, 4) is 5.75 Å². The highest BCUT2D eigenvalue weighted by Gasteiger charge is 2.30. The van der Waals surface area contributed by atoms with Crippen molar-refractivity contribution in [2.45, 2.75) is 24.2 Å². The van der Waals surface area contributed by atoms with Gasteiger partial charge >= 0.3 is 10.1 Å². The molecule has 0 aliphatic heterocycles. The van der Waals surface area contributed by atoms with Crippen LogP contribution in [0.1, 0.15) is 19.3 Å². The van der Waals surface area contributed by atoms with Gasteiger partial charge in [-0.1, -0.05) is 0 Å². The van der Waals surface area contributed by atoms with Crippen LogP contribution < -0.4 is 20.6 Å². The molecular weight excluding hydrogens is 422 g/mol. The number of anilines is 2. The summed E-state index contributed by atoms with van der Waals surface area (Å²) >= 11 is 0. The molecule has 31 heavy (non-hydrogen) atoms. The molecule has 0 saturated heterocycles. The van der Waals surface area contributed by atoms with E-state index in [2.05, 4.69) is 20.6 Å². The average Bonchev–Trinajstić information content (AvgIpc) is 3.49. The molecule has 1 saturated carbocycles. The van der Waals surface area contributed by atoms with E-state index in [4.69, 9.17) is 9.92 Å². The largest absolute Gasteiger partial charge is 0.385 e. The maximum absolute atomic E-state index is 12.6. The molecular formula is C20H21N5O5S. The summed E-state index contributed by atoms with van der Waals surface area (Å²) in [5, 5.41) is 5.69. The fraction of sp³-hybridized carbons (Fsp3) is 0.250. The Hall–Kier alpha value is -3.60. The van der Waals surface area contributed by atoms with E-state index < -0.39 is 16.0 Å². The molecule has 1 fully saturated rings. The highest BCUT2D eigenvalue weighted by Crippen LogP contribution is 2.30. The van der Waals surface area contributed by atoms with E-state index in [9.17, 15) is 18.0 Å². The van der Waals surface area contributed by atoms with E-state index in [1.165, 1.54) is 24.3 Å². The van der Waals surface area contributed by atoms with E-state index in [-0.39, 0.29) is 28.9 Å². The van der Waals surface area contributed by atoms with Gasteiger partial charge in [-0.3, -0.25) is 14.9 Å². The molecule has 1 aliphatic carbocycles. The summed E-state index contributed by atoms with van der Waals surface area (Å²) in [6.45, 7) is 0.352. The second-order valence-electron chi connectivity index (χ2n) is 7.23. The van der Waals surface area contributed by atoms with Crippen molar-refractivity contribution in [3.63, 3.8) is 0 Å². The average molecular weight is 443 g/mol. The number of rotatable bonds is 9. The Bertz CT molecular complexity index is 1230. The Morgan fingerprint density at radius 1 is 1.16 bits per heavy atom. The molecule has 0 spiro atoms. The Balaban J connectivity index is 1.44. The molecule has 0 atom stereocenters. The number of hydrogen-bond acceptors (Lipinski definition) is 7. The minimum Gasteiger partial charge on any atom is -0.385 e. The highest BCUT2D eigenvalue weighted by atomic mass is 32.2. The van der Waals surface area contributed by atoms with Crippen LogP contribution in [0.2, 0.25) is 0 Å². The summed E-state index contributed by atoms with van der Waals surface area (Å²) in [6, 6.07) is 10.6. The number of aromatic amines is 1. The van der Waals surface area contributed by atoms with Crippen LogP contribution in [0.15, 0.2) is 47.4 Å². The van der Waals surface area contributed by atoms with E-state index in [0.717, 1.165) is 12.8 Å². The normalized spacial score (nSPS) is 13.7. The van der Waals surface area contributed by atoms with Crippen LogP contribution in [0.4, 0.5) is 11.6 Å². The summed E-state index contributed by atoms with van der Waals surface area (Å²) in [7, 11) is -4.06. The Morgan fingerprint density at radius 3 is 2.58 bits per heavy atom. The number of nitrogens with two attached hydrogens (primary N) is 1. The molecule has 3 aromatic rings. The lowest BCUT2D eigenvalue weighted by Crippen LogP contribution is -2.15. The van der Waals surface area contributed by atoms with Crippen molar-refractivity contribution < 1.29 is 22.2 Å². The standard InChI is InChI=1S/C20H21N5O5S/c21-18(26)9-10-22-13-3-6-15(7-4-13)31(28,29)30-14-5-8-16-17(11-14)24-20(23-16)25-19(27)12-1-2-12/h3-8,11-12,22H,1-2,9-10H2,(H2,21,26)(H2,23,24,25,27). The van der Waals surface area contributed by atoms with Crippen LogP contribution in [0, 0.1) is 5.92 Å². The quantitative estimate of drug-likeness (QED) is 0.368. The van der Waals surface area contributed by atoms with Crippen molar-refractivity contribution in [1.29, 1.82) is 0 Å². The molecule has 2 amide bonds. The third-order valence-corrected chi connectivity index (χ3v) is 5.96. The van der Waals surface area contributed by atoms with Gasteiger partial charge in [0.25, 0.3) is 0 Å². The minimum absolute atomic E-state index is 0.0209. The zero-order chi connectivity index (χ0) is 22.0. The number of hydrogen-bond donors (Lipinski definition) is 4. The van der Waals surface area contributed by atoms with E-state index in [0.29, 0.717) is 29.2 Å². The molecule has 5 N–H and O–H groups in total. The zero-order valence-corrected chi connectivity index (χ0v) is 17.2. The number of fused-ring (bicyclic) bond motifs is 1. The second kappa shape index (κ2) is 8.26. The van der Waals surface area contributed by atoms with Crippen LogP contribution in [0.5, 0.6) is 5.75 Å². The first-order valence-corrected chi connectivity index (χ1v) is 11.1. The van der Waals surface area contributed by atoms with Crippen LogP contribution in [-0.2, 0) is 19.7 Å². The molecule has 11 heteroatoms. The highest BCUT2D eigenvalue weighted by molar-refractivity contribution is 7.87. The number of nitrogens with one attached hydrogen (secondary N) is 3. The van der Waals surface area contributed by atoms with Gasteiger partial charge in [0, 0.05) is 30.6 Å². The Labute approximate surface area is 178 Å². The van der Waals surface area contributed by atoms with Gasteiger partial charge in [0.1, 0.15) is 10.6 Å². The number of amides is 2. The number of primary amides is 1. The Kier molecular flexibility index (Phi) is 5.51. The van der Waals surface area contributed by atoms with Gasteiger partial charge in [0.15, 0.2) is 0 Å². The zero-order valence-electron chi connectivity index (χ0n) is 16.4. The van der Waals surface area contributed by atoms with Crippen LogP contribution in [0.3, 0.4) is 0 Å². The number of H-pyrrole nitrogens is 1. The number of carbonyl (C=O) groups is 2. The number of benzene rings is 2. The second-order valence-corrected chi connectivity index (χ2v) is 8.78. The van der Waals surface area contributed by atoms with Crippen molar-refractivity contribution in [2.75, 3.05) is 17.2 Å². The van der Waals surface area contributed by atoms with Gasteiger partial charge in [0.05, 0.1) is 11.0 Å². The molecule has 4 rings (SSSR count). The predicted octanol–water partition coefficient (Wildman–Crippen LogP) is 1.97. The number of aromatic nitrogens is 2. The van der Waals surface area contributed by atoms with Gasteiger partial charge < -0.3 is 20.2 Å². The maximum atomic E-state index is 12.6. The minimum atomic E-state index is -4.06. The monoisotopic (exact) mass is 443 g/mol. The van der Waals surface area contributed by atoms with E-state index in [1.54, 1.807) is 18.2 Å². The van der Waals surface area contributed by atoms with Crippen molar-refractivity contribution in [3.05, 3.63) is 42.5 Å². The predicted molar refractivity (Wildman–Crippen MR) is 114 cm³/mol. The third-order valence-electron chi connectivity index (χ3n) is 4.69. The van der Waals surface area contributed by atoms with Gasteiger partial charge in [-0.05, 0) is 49.2 Å². The summed E-state index contributed by atoms with van der Waals surface area (Å²) in [4.78, 5) is 29.9. The van der Waals surface area contributed by atoms with Gasteiger partial charge in [-0.15, -0.1) is 0 Å². The van der Waals surface area contributed by atoms with Crippen molar-refractivity contribution in [2.24, 2.45) is 11.7 Å². The first-order valence-electron chi connectivity index (χ1n) is 9.67. The summed E-state index contributed by atoms with van der Waals surface area (Å²) in [6.07, 6.45) is 1.93. The molecule has 162 valence electrons. The summed E-state index contributed by atoms with van der Waals surface area (Å²) in [5.41, 5.74) is 6.84. The lowest BCUT2D eigenvalue weighted by Gasteiger charge is -2.09. The topological polar surface area (TPSA) is 156 Å². The van der Waals surface area contributed by atoms with Crippen molar-refractivity contribution in [1.82, 2.24) is 9.97 Å².